The Labute approximate surface area is 207 Å². The van der Waals surface area contributed by atoms with Crippen LogP contribution in [0.2, 0.25) is 0 Å². The monoisotopic (exact) mass is 480 g/mol. The van der Waals surface area contributed by atoms with Gasteiger partial charge in [-0.3, -0.25) is 4.98 Å². The summed E-state index contributed by atoms with van der Waals surface area (Å²) in [5.74, 6) is 1.31. The molecule has 180 valence electrons. The number of phenols is 2. The van der Waals surface area contributed by atoms with Gasteiger partial charge in [0.25, 0.3) is 0 Å². The molecule has 8 nitrogen and oxygen atoms in total. The van der Waals surface area contributed by atoms with Crippen molar-refractivity contribution in [3.8, 4) is 45.5 Å². The van der Waals surface area contributed by atoms with E-state index in [1.54, 1.807) is 10.7 Å². The van der Waals surface area contributed by atoms with Gasteiger partial charge in [0, 0.05) is 22.6 Å². The third-order valence-electron chi connectivity index (χ3n) is 6.35. The third kappa shape index (κ3) is 3.86. The molecule has 0 radical (unpaired) electrons. The number of aromatic nitrogens is 4. The molecule has 36 heavy (non-hydrogen) atoms. The smallest absolute Gasteiger partial charge is 0.162 e. The second-order valence-corrected chi connectivity index (χ2v) is 8.65. The van der Waals surface area contributed by atoms with Crippen LogP contribution in [-0.4, -0.2) is 43.4 Å². The van der Waals surface area contributed by atoms with E-state index in [2.05, 4.69) is 10.3 Å². The molecular weight excluding hydrogens is 456 g/mol. The number of aryl methyl sites for hydroxylation is 1. The van der Waals surface area contributed by atoms with Gasteiger partial charge in [-0.1, -0.05) is 36.4 Å². The van der Waals surface area contributed by atoms with E-state index in [1.807, 2.05) is 61.5 Å². The fourth-order valence-corrected chi connectivity index (χ4v) is 4.53. The van der Waals surface area contributed by atoms with Crippen molar-refractivity contribution < 1.29 is 19.7 Å². The number of fused-ring (bicyclic) bond motifs is 2. The molecule has 2 aromatic heterocycles. The van der Waals surface area contributed by atoms with E-state index in [1.165, 1.54) is 6.07 Å². The van der Waals surface area contributed by atoms with Gasteiger partial charge in [-0.15, -0.1) is 5.10 Å². The van der Waals surface area contributed by atoms with Crippen molar-refractivity contribution in [3.63, 3.8) is 0 Å². The molecule has 0 spiro atoms. The molecule has 1 aliphatic heterocycles. The molecule has 0 amide bonds. The lowest BCUT2D eigenvalue weighted by Crippen LogP contribution is -2.15. The van der Waals surface area contributed by atoms with Crippen LogP contribution in [0.1, 0.15) is 18.2 Å². The van der Waals surface area contributed by atoms with Crippen molar-refractivity contribution in [1.82, 2.24) is 20.0 Å². The SMILES string of the molecule is CCc1cc(-c2nnn(Cc3ccc4ccccc4n3)c2-c2ccc3c(c2)OCCO3)c(O)cc1O. The number of nitrogens with zero attached hydrogens (tertiary/aromatic N) is 4. The maximum absolute atomic E-state index is 10.8. The van der Waals surface area contributed by atoms with E-state index in [9.17, 15) is 10.2 Å². The summed E-state index contributed by atoms with van der Waals surface area (Å²) >= 11 is 0. The minimum Gasteiger partial charge on any atom is -0.508 e. The van der Waals surface area contributed by atoms with Crippen LogP contribution in [0.3, 0.4) is 0 Å². The molecule has 0 atom stereocenters. The molecule has 1 aliphatic rings. The second kappa shape index (κ2) is 8.88. The fraction of sp³-hybridized carbons (Fsp3) is 0.179. The number of para-hydroxylation sites is 1. The summed E-state index contributed by atoms with van der Waals surface area (Å²) < 4.78 is 13.3. The summed E-state index contributed by atoms with van der Waals surface area (Å²) in [6, 6.07) is 20.8. The van der Waals surface area contributed by atoms with Crippen molar-refractivity contribution >= 4 is 10.9 Å². The van der Waals surface area contributed by atoms with Gasteiger partial charge in [0.2, 0.25) is 0 Å². The number of phenolic OH excluding ortho intramolecular Hbond substituents is 2. The number of aromatic hydroxyl groups is 2. The van der Waals surface area contributed by atoms with Crippen LogP contribution in [0.4, 0.5) is 0 Å². The summed E-state index contributed by atoms with van der Waals surface area (Å²) in [6.07, 6.45) is 0.605. The topological polar surface area (TPSA) is 103 Å². The first-order valence-corrected chi connectivity index (χ1v) is 11.8. The molecule has 0 bridgehead atoms. The minimum atomic E-state index is -0.0700. The average molecular weight is 481 g/mol. The van der Waals surface area contributed by atoms with Crippen LogP contribution in [0.15, 0.2) is 66.7 Å². The average Bonchev–Trinajstić information content (AvgIpc) is 3.31. The van der Waals surface area contributed by atoms with Crippen LogP contribution >= 0.6 is 0 Å². The molecule has 3 aromatic carbocycles. The van der Waals surface area contributed by atoms with Gasteiger partial charge < -0.3 is 19.7 Å². The maximum atomic E-state index is 10.8. The van der Waals surface area contributed by atoms with E-state index in [0.717, 1.165) is 22.2 Å². The van der Waals surface area contributed by atoms with Gasteiger partial charge in [0.15, 0.2) is 11.5 Å². The molecule has 8 heteroatoms. The lowest BCUT2D eigenvalue weighted by molar-refractivity contribution is 0.171. The lowest BCUT2D eigenvalue weighted by atomic mass is 10.00. The first kappa shape index (κ1) is 21.9. The van der Waals surface area contributed by atoms with E-state index in [0.29, 0.717) is 60.2 Å². The Balaban J connectivity index is 1.51. The predicted octanol–water partition coefficient (Wildman–Crippen LogP) is 4.95. The van der Waals surface area contributed by atoms with Crippen molar-refractivity contribution in [2.75, 3.05) is 13.2 Å². The Morgan fingerprint density at radius 2 is 1.72 bits per heavy atom. The molecule has 3 heterocycles. The molecule has 0 saturated heterocycles. The van der Waals surface area contributed by atoms with Crippen LogP contribution < -0.4 is 9.47 Å². The number of hydrogen-bond acceptors (Lipinski definition) is 7. The summed E-state index contributed by atoms with van der Waals surface area (Å²) in [5.41, 5.74) is 4.94. The summed E-state index contributed by atoms with van der Waals surface area (Å²) in [5, 5.41) is 31.0. The Morgan fingerprint density at radius 1 is 0.889 bits per heavy atom. The van der Waals surface area contributed by atoms with E-state index >= 15 is 0 Å². The fourth-order valence-electron chi connectivity index (χ4n) is 4.53. The number of hydrogen-bond donors (Lipinski definition) is 2. The second-order valence-electron chi connectivity index (χ2n) is 8.65. The summed E-state index contributed by atoms with van der Waals surface area (Å²) in [4.78, 5) is 4.80. The molecule has 0 saturated carbocycles. The van der Waals surface area contributed by atoms with E-state index in [4.69, 9.17) is 14.5 Å². The maximum Gasteiger partial charge on any atom is 0.162 e. The number of rotatable bonds is 5. The molecule has 0 unspecified atom stereocenters. The van der Waals surface area contributed by atoms with Gasteiger partial charge in [0.1, 0.15) is 30.4 Å². The van der Waals surface area contributed by atoms with Crippen LogP contribution in [-0.2, 0) is 13.0 Å². The highest BCUT2D eigenvalue weighted by Gasteiger charge is 2.23. The highest BCUT2D eigenvalue weighted by molar-refractivity contribution is 5.83. The van der Waals surface area contributed by atoms with Crippen molar-refractivity contribution in [3.05, 3.63) is 78.0 Å². The predicted molar refractivity (Wildman–Crippen MR) is 135 cm³/mol. The Hall–Kier alpha value is -4.59. The van der Waals surface area contributed by atoms with Crippen molar-refractivity contribution in [2.45, 2.75) is 19.9 Å². The van der Waals surface area contributed by atoms with Crippen molar-refractivity contribution in [1.29, 1.82) is 0 Å². The largest absolute Gasteiger partial charge is 0.508 e. The Kier molecular flexibility index (Phi) is 5.41. The molecule has 0 aliphatic carbocycles. The molecule has 5 aromatic rings. The summed E-state index contributed by atoms with van der Waals surface area (Å²) in [6.45, 7) is 3.30. The Bertz CT molecular complexity index is 1590. The van der Waals surface area contributed by atoms with Crippen LogP contribution in [0.25, 0.3) is 33.4 Å². The van der Waals surface area contributed by atoms with Gasteiger partial charge in [-0.05, 0) is 48.4 Å². The van der Waals surface area contributed by atoms with E-state index < -0.39 is 0 Å². The molecule has 6 rings (SSSR count). The number of benzene rings is 3. The summed E-state index contributed by atoms with van der Waals surface area (Å²) in [7, 11) is 0. The van der Waals surface area contributed by atoms with Crippen molar-refractivity contribution in [2.24, 2.45) is 0 Å². The Morgan fingerprint density at radius 3 is 2.58 bits per heavy atom. The molecular formula is C28H24N4O4. The van der Waals surface area contributed by atoms with Gasteiger partial charge in [-0.25, -0.2) is 4.68 Å². The number of pyridine rings is 1. The standard InChI is InChI=1S/C28H24N4O4/c1-2-17-13-21(24(34)15-23(17)33)27-28(19-8-10-25-26(14-19)36-12-11-35-25)32(31-30-27)16-20-9-7-18-5-3-4-6-22(18)29-20/h3-10,13-15,33-34H,2,11-12,16H2,1H3. The van der Waals surface area contributed by atoms with Crippen LogP contribution in [0.5, 0.6) is 23.0 Å². The normalized spacial score (nSPS) is 12.7. The zero-order valence-electron chi connectivity index (χ0n) is 19.7. The van der Waals surface area contributed by atoms with Crippen LogP contribution in [0, 0.1) is 0 Å². The molecule has 0 fully saturated rings. The third-order valence-corrected chi connectivity index (χ3v) is 6.35. The van der Waals surface area contributed by atoms with Gasteiger partial charge in [-0.2, -0.15) is 0 Å². The zero-order chi connectivity index (χ0) is 24.6. The zero-order valence-corrected chi connectivity index (χ0v) is 19.7. The quantitative estimate of drug-likeness (QED) is 0.367. The molecule has 2 N–H and O–H groups in total. The highest BCUT2D eigenvalue weighted by Crippen LogP contribution is 2.41. The van der Waals surface area contributed by atoms with Gasteiger partial charge >= 0.3 is 0 Å². The lowest BCUT2D eigenvalue weighted by Gasteiger charge is -2.19. The highest BCUT2D eigenvalue weighted by atomic mass is 16.6. The van der Waals surface area contributed by atoms with Gasteiger partial charge in [0.05, 0.1) is 23.4 Å². The number of ether oxygens (including phenoxy) is 2. The minimum absolute atomic E-state index is 0.0485. The first-order valence-electron chi connectivity index (χ1n) is 11.8. The van der Waals surface area contributed by atoms with E-state index in [-0.39, 0.29) is 11.5 Å². The first-order chi connectivity index (χ1) is 17.6.